The van der Waals surface area contributed by atoms with Crippen LogP contribution >= 0.6 is 11.6 Å². The Bertz CT molecular complexity index is 409. The SMILES string of the molecule is CCC1CCC(Nc2cc(Cl)ccc2N(C)C)CC1. The first kappa shape index (κ1) is 14.5. The quantitative estimate of drug-likeness (QED) is 0.853. The lowest BCUT2D eigenvalue weighted by Crippen LogP contribution is -2.26. The van der Waals surface area contributed by atoms with Gasteiger partial charge in [0.05, 0.1) is 11.4 Å². The van der Waals surface area contributed by atoms with Crippen LogP contribution in [0.25, 0.3) is 0 Å². The first-order valence-electron chi connectivity index (χ1n) is 7.33. The van der Waals surface area contributed by atoms with E-state index in [4.69, 9.17) is 11.6 Å². The van der Waals surface area contributed by atoms with Gasteiger partial charge in [0.15, 0.2) is 0 Å². The zero-order valence-electron chi connectivity index (χ0n) is 12.2. The normalized spacial score (nSPS) is 23.2. The zero-order chi connectivity index (χ0) is 13.8. The van der Waals surface area contributed by atoms with Crippen molar-refractivity contribution in [1.82, 2.24) is 0 Å². The molecule has 0 spiro atoms. The van der Waals surface area contributed by atoms with E-state index in [-0.39, 0.29) is 0 Å². The van der Waals surface area contributed by atoms with E-state index in [0.29, 0.717) is 6.04 Å². The van der Waals surface area contributed by atoms with Crippen LogP contribution in [0.1, 0.15) is 39.0 Å². The molecule has 1 aliphatic carbocycles. The van der Waals surface area contributed by atoms with E-state index in [1.165, 1.54) is 37.8 Å². The second-order valence-corrected chi connectivity index (χ2v) is 6.26. The van der Waals surface area contributed by atoms with E-state index in [0.717, 1.165) is 16.6 Å². The van der Waals surface area contributed by atoms with Gasteiger partial charge in [0.25, 0.3) is 0 Å². The minimum absolute atomic E-state index is 0.597. The minimum atomic E-state index is 0.597. The largest absolute Gasteiger partial charge is 0.381 e. The van der Waals surface area contributed by atoms with Gasteiger partial charge in [-0.15, -0.1) is 0 Å². The molecule has 2 rings (SSSR count). The standard InChI is InChI=1S/C16H25ClN2/c1-4-12-5-8-14(9-6-12)18-15-11-13(17)7-10-16(15)19(2)3/h7,10-12,14,18H,4-6,8-9H2,1-3H3. The lowest BCUT2D eigenvalue weighted by Gasteiger charge is -2.30. The van der Waals surface area contributed by atoms with Crippen LogP contribution in [0, 0.1) is 5.92 Å². The van der Waals surface area contributed by atoms with Crippen molar-refractivity contribution in [2.24, 2.45) is 5.92 Å². The molecule has 2 nitrogen and oxygen atoms in total. The van der Waals surface area contributed by atoms with E-state index >= 15 is 0 Å². The van der Waals surface area contributed by atoms with Crippen molar-refractivity contribution in [3.8, 4) is 0 Å². The third-order valence-electron chi connectivity index (χ3n) is 4.22. The van der Waals surface area contributed by atoms with Crippen LogP contribution in [0.4, 0.5) is 11.4 Å². The zero-order valence-corrected chi connectivity index (χ0v) is 13.0. The molecule has 1 aliphatic rings. The Kier molecular flexibility index (Phi) is 4.98. The number of nitrogens with zero attached hydrogens (tertiary/aromatic N) is 1. The van der Waals surface area contributed by atoms with Gasteiger partial charge in [-0.3, -0.25) is 0 Å². The smallest absolute Gasteiger partial charge is 0.0597 e. The van der Waals surface area contributed by atoms with Crippen molar-refractivity contribution in [3.05, 3.63) is 23.2 Å². The molecule has 1 aromatic rings. The minimum Gasteiger partial charge on any atom is -0.381 e. The van der Waals surface area contributed by atoms with E-state index in [9.17, 15) is 0 Å². The highest BCUT2D eigenvalue weighted by molar-refractivity contribution is 6.31. The Morgan fingerprint density at radius 2 is 1.89 bits per heavy atom. The molecule has 0 aliphatic heterocycles. The fraction of sp³-hybridized carbons (Fsp3) is 0.625. The molecule has 106 valence electrons. The summed E-state index contributed by atoms with van der Waals surface area (Å²) < 4.78 is 0. The summed E-state index contributed by atoms with van der Waals surface area (Å²) >= 11 is 6.13. The van der Waals surface area contributed by atoms with Crippen LogP contribution in [0.5, 0.6) is 0 Å². The number of benzene rings is 1. The fourth-order valence-corrected chi connectivity index (χ4v) is 3.12. The molecule has 1 aromatic carbocycles. The topological polar surface area (TPSA) is 15.3 Å². The van der Waals surface area contributed by atoms with Crippen molar-refractivity contribution in [2.45, 2.75) is 45.1 Å². The van der Waals surface area contributed by atoms with E-state index in [2.05, 4.69) is 37.3 Å². The lowest BCUT2D eigenvalue weighted by atomic mass is 9.84. The van der Waals surface area contributed by atoms with E-state index in [1.807, 2.05) is 12.1 Å². The molecule has 3 heteroatoms. The molecule has 0 unspecified atom stereocenters. The van der Waals surface area contributed by atoms with Gasteiger partial charge in [-0.05, 0) is 49.8 Å². The van der Waals surface area contributed by atoms with Gasteiger partial charge in [-0.2, -0.15) is 0 Å². The third kappa shape index (κ3) is 3.79. The second kappa shape index (κ2) is 6.51. The van der Waals surface area contributed by atoms with Crippen LogP contribution in [0.3, 0.4) is 0 Å². The summed E-state index contributed by atoms with van der Waals surface area (Å²) in [6.45, 7) is 2.31. The summed E-state index contributed by atoms with van der Waals surface area (Å²) in [6, 6.07) is 6.68. The van der Waals surface area contributed by atoms with Gasteiger partial charge < -0.3 is 10.2 Å². The molecule has 1 saturated carbocycles. The average Bonchev–Trinajstić information content (AvgIpc) is 2.39. The predicted molar refractivity (Wildman–Crippen MR) is 85.4 cm³/mol. The summed E-state index contributed by atoms with van der Waals surface area (Å²) in [4.78, 5) is 2.14. The maximum absolute atomic E-state index is 6.13. The summed E-state index contributed by atoms with van der Waals surface area (Å²) in [6.07, 6.45) is 6.58. The molecular weight excluding hydrogens is 256 g/mol. The average molecular weight is 281 g/mol. The van der Waals surface area contributed by atoms with Crippen molar-refractivity contribution < 1.29 is 0 Å². The van der Waals surface area contributed by atoms with Crippen molar-refractivity contribution in [3.63, 3.8) is 0 Å². The number of nitrogens with one attached hydrogen (secondary N) is 1. The summed E-state index contributed by atoms with van der Waals surface area (Å²) in [5.74, 6) is 0.936. The monoisotopic (exact) mass is 280 g/mol. The number of halogens is 1. The van der Waals surface area contributed by atoms with Gasteiger partial charge in [0, 0.05) is 25.2 Å². The molecule has 0 atom stereocenters. The maximum Gasteiger partial charge on any atom is 0.0597 e. The number of hydrogen-bond donors (Lipinski definition) is 1. The van der Waals surface area contributed by atoms with Crippen LogP contribution in [0.2, 0.25) is 5.02 Å². The second-order valence-electron chi connectivity index (χ2n) is 5.83. The number of anilines is 2. The van der Waals surface area contributed by atoms with Crippen LogP contribution in [-0.4, -0.2) is 20.1 Å². The fourth-order valence-electron chi connectivity index (χ4n) is 2.95. The molecule has 0 amide bonds. The molecule has 0 heterocycles. The van der Waals surface area contributed by atoms with Gasteiger partial charge in [0.2, 0.25) is 0 Å². The number of rotatable bonds is 4. The first-order valence-corrected chi connectivity index (χ1v) is 7.71. The molecule has 1 fully saturated rings. The van der Waals surface area contributed by atoms with Gasteiger partial charge in [-0.25, -0.2) is 0 Å². The van der Waals surface area contributed by atoms with Crippen LogP contribution < -0.4 is 10.2 Å². The van der Waals surface area contributed by atoms with Crippen molar-refractivity contribution in [2.75, 3.05) is 24.3 Å². The van der Waals surface area contributed by atoms with E-state index < -0.39 is 0 Å². The highest BCUT2D eigenvalue weighted by atomic mass is 35.5. The Labute approximate surface area is 122 Å². The molecule has 0 aromatic heterocycles. The summed E-state index contributed by atoms with van der Waals surface area (Å²) in [7, 11) is 4.14. The van der Waals surface area contributed by atoms with Crippen LogP contribution in [0.15, 0.2) is 18.2 Å². The molecule has 0 saturated heterocycles. The Morgan fingerprint density at radius 3 is 2.47 bits per heavy atom. The summed E-state index contributed by atoms with van der Waals surface area (Å²) in [5.41, 5.74) is 2.37. The van der Waals surface area contributed by atoms with Crippen molar-refractivity contribution in [1.29, 1.82) is 0 Å². The van der Waals surface area contributed by atoms with Gasteiger partial charge >= 0.3 is 0 Å². The van der Waals surface area contributed by atoms with Gasteiger partial charge in [0.1, 0.15) is 0 Å². The van der Waals surface area contributed by atoms with Crippen molar-refractivity contribution >= 4 is 23.0 Å². The Balaban J connectivity index is 2.04. The predicted octanol–water partition coefficient (Wildman–Crippen LogP) is 4.79. The Morgan fingerprint density at radius 1 is 1.21 bits per heavy atom. The first-order chi connectivity index (χ1) is 9.10. The highest BCUT2D eigenvalue weighted by Gasteiger charge is 2.20. The Hall–Kier alpha value is -0.890. The van der Waals surface area contributed by atoms with Gasteiger partial charge in [-0.1, -0.05) is 24.9 Å². The molecule has 0 radical (unpaired) electrons. The molecule has 0 bridgehead atoms. The maximum atomic E-state index is 6.13. The summed E-state index contributed by atoms with van der Waals surface area (Å²) in [5, 5.41) is 4.49. The lowest BCUT2D eigenvalue weighted by molar-refractivity contribution is 0.330. The van der Waals surface area contributed by atoms with E-state index in [1.54, 1.807) is 0 Å². The highest BCUT2D eigenvalue weighted by Crippen LogP contribution is 2.32. The number of hydrogen-bond acceptors (Lipinski definition) is 2. The molecule has 19 heavy (non-hydrogen) atoms. The third-order valence-corrected chi connectivity index (χ3v) is 4.46. The van der Waals surface area contributed by atoms with Crippen LogP contribution in [-0.2, 0) is 0 Å². The molecule has 1 N–H and O–H groups in total. The molecular formula is C16H25ClN2.